The Bertz CT molecular complexity index is 1130. The van der Waals surface area contributed by atoms with E-state index in [1.165, 1.54) is 7.11 Å². The van der Waals surface area contributed by atoms with E-state index in [2.05, 4.69) is 12.1 Å². The maximum absolute atomic E-state index is 12.8. The third-order valence-corrected chi connectivity index (χ3v) is 4.33. The molecule has 1 heterocycles. The van der Waals surface area contributed by atoms with E-state index in [0.717, 1.165) is 16.7 Å². The molecular formula is C22H17NO3. The van der Waals surface area contributed by atoms with E-state index in [0.29, 0.717) is 22.4 Å². The molecule has 0 unspecified atom stereocenters. The summed E-state index contributed by atoms with van der Waals surface area (Å²) < 4.78 is 11.3. The van der Waals surface area contributed by atoms with Crippen molar-refractivity contribution in [2.45, 2.75) is 0 Å². The molecule has 4 heteroatoms. The van der Waals surface area contributed by atoms with Gasteiger partial charge in [-0.3, -0.25) is 4.79 Å². The van der Waals surface area contributed by atoms with Gasteiger partial charge in [-0.25, -0.2) is 0 Å². The summed E-state index contributed by atoms with van der Waals surface area (Å²) in [5.74, 6) is 0.588. The summed E-state index contributed by atoms with van der Waals surface area (Å²) in [6.07, 6.45) is 0. The van der Waals surface area contributed by atoms with Gasteiger partial charge in [-0.15, -0.1) is 0 Å². The SMILES string of the molecule is COc1c(-c2ccc(-c3ccccc3)cc2)oc2ccc(N)cc2c1=O. The van der Waals surface area contributed by atoms with E-state index >= 15 is 0 Å². The monoisotopic (exact) mass is 343 g/mol. The van der Waals surface area contributed by atoms with Crippen molar-refractivity contribution in [3.05, 3.63) is 83.0 Å². The number of methoxy groups -OCH3 is 1. The van der Waals surface area contributed by atoms with Crippen LogP contribution in [0.5, 0.6) is 5.75 Å². The largest absolute Gasteiger partial charge is 0.490 e. The lowest BCUT2D eigenvalue weighted by atomic mass is 10.0. The first-order valence-electron chi connectivity index (χ1n) is 8.23. The van der Waals surface area contributed by atoms with Crippen molar-refractivity contribution in [2.24, 2.45) is 0 Å². The standard InChI is InChI=1S/C22H17NO3/c1-25-22-20(24)18-13-17(23)11-12-19(18)26-21(22)16-9-7-15(8-10-16)14-5-3-2-4-6-14/h2-13H,23H2,1H3. The third-order valence-electron chi connectivity index (χ3n) is 4.33. The third kappa shape index (κ3) is 2.71. The van der Waals surface area contributed by atoms with Crippen LogP contribution in [-0.2, 0) is 0 Å². The van der Waals surface area contributed by atoms with Crippen LogP contribution in [0.25, 0.3) is 33.4 Å². The van der Waals surface area contributed by atoms with Gasteiger partial charge in [-0.2, -0.15) is 0 Å². The fourth-order valence-corrected chi connectivity index (χ4v) is 3.02. The fourth-order valence-electron chi connectivity index (χ4n) is 3.02. The van der Waals surface area contributed by atoms with Gasteiger partial charge in [0, 0.05) is 11.3 Å². The highest BCUT2D eigenvalue weighted by molar-refractivity contribution is 5.84. The van der Waals surface area contributed by atoms with Crippen LogP contribution in [0.2, 0.25) is 0 Å². The number of ether oxygens (including phenoxy) is 1. The van der Waals surface area contributed by atoms with E-state index in [1.54, 1.807) is 18.2 Å². The number of fused-ring (bicyclic) bond motifs is 1. The van der Waals surface area contributed by atoms with E-state index < -0.39 is 0 Å². The summed E-state index contributed by atoms with van der Waals surface area (Å²) in [5.41, 5.74) is 9.52. The van der Waals surface area contributed by atoms with Gasteiger partial charge in [-0.05, 0) is 29.3 Å². The molecule has 26 heavy (non-hydrogen) atoms. The van der Waals surface area contributed by atoms with E-state index in [-0.39, 0.29) is 11.2 Å². The maximum atomic E-state index is 12.8. The van der Waals surface area contributed by atoms with Gasteiger partial charge >= 0.3 is 0 Å². The average Bonchev–Trinajstić information content (AvgIpc) is 2.69. The Kier molecular flexibility index (Phi) is 3.93. The van der Waals surface area contributed by atoms with Crippen LogP contribution in [-0.4, -0.2) is 7.11 Å². The second-order valence-corrected chi connectivity index (χ2v) is 5.99. The number of anilines is 1. The predicted molar refractivity (Wildman–Crippen MR) is 104 cm³/mol. The Balaban J connectivity index is 1.86. The van der Waals surface area contributed by atoms with E-state index in [9.17, 15) is 4.79 Å². The minimum Gasteiger partial charge on any atom is -0.490 e. The Labute approximate surface area is 150 Å². The molecule has 0 saturated heterocycles. The quantitative estimate of drug-likeness (QED) is 0.547. The van der Waals surface area contributed by atoms with Crippen molar-refractivity contribution in [1.29, 1.82) is 0 Å². The number of hydrogen-bond acceptors (Lipinski definition) is 4. The van der Waals surface area contributed by atoms with Crippen LogP contribution in [0.15, 0.2) is 82.0 Å². The zero-order valence-corrected chi connectivity index (χ0v) is 14.2. The topological polar surface area (TPSA) is 65.5 Å². The molecule has 0 aliphatic carbocycles. The molecule has 0 fully saturated rings. The summed E-state index contributed by atoms with van der Waals surface area (Å²) in [4.78, 5) is 12.8. The number of benzene rings is 3. The van der Waals surface area contributed by atoms with Gasteiger partial charge in [0.05, 0.1) is 12.5 Å². The summed E-state index contributed by atoms with van der Waals surface area (Å²) in [6.45, 7) is 0. The summed E-state index contributed by atoms with van der Waals surface area (Å²) in [5, 5.41) is 0.409. The minimum absolute atomic E-state index is 0.176. The molecule has 0 spiro atoms. The zero-order chi connectivity index (χ0) is 18.1. The van der Waals surface area contributed by atoms with E-state index in [4.69, 9.17) is 14.9 Å². The predicted octanol–water partition coefficient (Wildman–Crippen LogP) is 4.72. The first-order valence-corrected chi connectivity index (χ1v) is 8.23. The molecule has 0 saturated carbocycles. The van der Waals surface area contributed by atoms with Gasteiger partial charge in [0.25, 0.3) is 0 Å². The molecule has 3 aromatic carbocycles. The lowest BCUT2D eigenvalue weighted by molar-refractivity contribution is 0.399. The van der Waals surface area contributed by atoms with Crippen LogP contribution in [0.3, 0.4) is 0 Å². The minimum atomic E-state index is -0.233. The van der Waals surface area contributed by atoms with Crippen molar-refractivity contribution in [3.8, 4) is 28.2 Å². The molecule has 2 N–H and O–H groups in total. The highest BCUT2D eigenvalue weighted by Crippen LogP contribution is 2.32. The Hall–Kier alpha value is -3.53. The molecule has 0 aliphatic rings. The van der Waals surface area contributed by atoms with Crippen molar-refractivity contribution in [2.75, 3.05) is 12.8 Å². The second kappa shape index (κ2) is 6.41. The van der Waals surface area contributed by atoms with Crippen LogP contribution in [0, 0.1) is 0 Å². The summed E-state index contributed by atoms with van der Waals surface area (Å²) >= 11 is 0. The Morgan fingerprint density at radius 3 is 2.19 bits per heavy atom. The average molecular weight is 343 g/mol. The van der Waals surface area contributed by atoms with Crippen molar-refractivity contribution >= 4 is 16.7 Å². The van der Waals surface area contributed by atoms with E-state index in [1.807, 2.05) is 42.5 Å². The normalized spacial score (nSPS) is 10.8. The van der Waals surface area contributed by atoms with Crippen LogP contribution in [0.1, 0.15) is 0 Å². The second-order valence-electron chi connectivity index (χ2n) is 5.99. The lowest BCUT2D eigenvalue weighted by Gasteiger charge is -2.10. The number of rotatable bonds is 3. The Morgan fingerprint density at radius 2 is 1.50 bits per heavy atom. The first-order chi connectivity index (χ1) is 12.7. The summed E-state index contributed by atoms with van der Waals surface area (Å²) in [6, 6.07) is 22.9. The highest BCUT2D eigenvalue weighted by atomic mass is 16.5. The zero-order valence-electron chi connectivity index (χ0n) is 14.2. The molecule has 128 valence electrons. The number of nitrogens with two attached hydrogens (primary N) is 1. The van der Waals surface area contributed by atoms with Crippen LogP contribution < -0.4 is 15.9 Å². The van der Waals surface area contributed by atoms with Gasteiger partial charge in [0.1, 0.15) is 5.58 Å². The molecule has 4 rings (SSSR count). The highest BCUT2D eigenvalue weighted by Gasteiger charge is 2.17. The molecule has 4 aromatic rings. The summed E-state index contributed by atoms with van der Waals surface area (Å²) in [7, 11) is 1.46. The smallest absolute Gasteiger partial charge is 0.235 e. The molecular weight excluding hydrogens is 326 g/mol. The van der Waals surface area contributed by atoms with Crippen LogP contribution >= 0.6 is 0 Å². The Morgan fingerprint density at radius 1 is 0.846 bits per heavy atom. The number of nitrogen functional groups attached to an aromatic ring is 1. The molecule has 0 aliphatic heterocycles. The lowest BCUT2D eigenvalue weighted by Crippen LogP contribution is -2.08. The first kappa shape index (κ1) is 16.0. The van der Waals surface area contributed by atoms with Crippen molar-refractivity contribution in [3.63, 3.8) is 0 Å². The van der Waals surface area contributed by atoms with Crippen LogP contribution in [0.4, 0.5) is 5.69 Å². The molecule has 1 aromatic heterocycles. The van der Waals surface area contributed by atoms with Crippen molar-refractivity contribution in [1.82, 2.24) is 0 Å². The fraction of sp³-hybridized carbons (Fsp3) is 0.0455. The van der Waals surface area contributed by atoms with Crippen molar-refractivity contribution < 1.29 is 9.15 Å². The molecule has 0 atom stereocenters. The maximum Gasteiger partial charge on any atom is 0.235 e. The molecule has 0 bridgehead atoms. The van der Waals surface area contributed by atoms with Gasteiger partial charge in [-0.1, -0.05) is 54.6 Å². The van der Waals surface area contributed by atoms with Gasteiger partial charge in [0.15, 0.2) is 5.76 Å². The molecule has 0 amide bonds. The molecule has 4 nitrogen and oxygen atoms in total. The van der Waals surface area contributed by atoms with Gasteiger partial charge in [0.2, 0.25) is 11.2 Å². The number of hydrogen-bond donors (Lipinski definition) is 1. The van der Waals surface area contributed by atoms with Gasteiger partial charge < -0.3 is 14.9 Å². The molecule has 0 radical (unpaired) electrons.